The lowest BCUT2D eigenvalue weighted by Crippen LogP contribution is -2.07. The van der Waals surface area contributed by atoms with Gasteiger partial charge in [0.05, 0.1) is 24.2 Å². The molecule has 0 aliphatic heterocycles. The maximum absolute atomic E-state index is 12.2. The van der Waals surface area contributed by atoms with Crippen LogP contribution in [0.1, 0.15) is 21.6 Å². The highest BCUT2D eigenvalue weighted by Gasteiger charge is 2.13. The highest BCUT2D eigenvalue weighted by molar-refractivity contribution is 6.34. The summed E-state index contributed by atoms with van der Waals surface area (Å²) in [7, 11) is 1.52. The summed E-state index contributed by atoms with van der Waals surface area (Å²) in [5.74, 6) is 0.364. The largest absolute Gasteiger partial charge is 0.481 e. The van der Waals surface area contributed by atoms with Crippen LogP contribution in [0.2, 0.25) is 5.02 Å². The first kappa shape index (κ1) is 13.5. The number of carbonyl (C=O) groups excluding carboxylic acids is 1. The van der Waals surface area contributed by atoms with E-state index in [-0.39, 0.29) is 12.2 Å². The van der Waals surface area contributed by atoms with Crippen molar-refractivity contribution < 1.29 is 9.53 Å². The first-order chi connectivity index (χ1) is 9.11. The van der Waals surface area contributed by atoms with Gasteiger partial charge >= 0.3 is 0 Å². The molecule has 0 bridgehead atoms. The van der Waals surface area contributed by atoms with Crippen LogP contribution in [0.15, 0.2) is 30.6 Å². The minimum absolute atomic E-state index is 0.0746. The fraction of sp³-hybridized carbons (Fsp3) is 0.214. The zero-order valence-corrected chi connectivity index (χ0v) is 11.4. The Hall–Kier alpha value is -1.94. The Morgan fingerprint density at radius 2 is 2.16 bits per heavy atom. The number of hydrogen-bond acceptors (Lipinski definition) is 4. The van der Waals surface area contributed by atoms with E-state index in [1.165, 1.54) is 13.4 Å². The Balaban J connectivity index is 2.23. The molecular weight excluding hydrogens is 264 g/mol. The van der Waals surface area contributed by atoms with Crippen LogP contribution >= 0.6 is 11.6 Å². The monoisotopic (exact) mass is 276 g/mol. The summed E-state index contributed by atoms with van der Waals surface area (Å²) in [5, 5.41) is 0.494. The van der Waals surface area contributed by atoms with Gasteiger partial charge in [-0.1, -0.05) is 23.7 Å². The first-order valence-electron chi connectivity index (χ1n) is 5.75. The van der Waals surface area contributed by atoms with Crippen LogP contribution in [-0.4, -0.2) is 22.9 Å². The second-order valence-corrected chi connectivity index (χ2v) is 4.47. The molecule has 98 valence electrons. The normalized spacial score (nSPS) is 10.3. The van der Waals surface area contributed by atoms with Crippen LogP contribution in [0.3, 0.4) is 0 Å². The summed E-state index contributed by atoms with van der Waals surface area (Å²) in [5.41, 5.74) is 2.00. The third kappa shape index (κ3) is 3.09. The summed E-state index contributed by atoms with van der Waals surface area (Å²) in [6.07, 6.45) is 1.54. The predicted molar refractivity (Wildman–Crippen MR) is 72.8 cm³/mol. The molecule has 1 aromatic carbocycles. The average molecular weight is 277 g/mol. The van der Waals surface area contributed by atoms with Gasteiger partial charge in [-0.15, -0.1) is 0 Å². The van der Waals surface area contributed by atoms with E-state index in [4.69, 9.17) is 16.3 Å². The number of ketones is 1. The third-order valence-corrected chi connectivity index (χ3v) is 3.24. The van der Waals surface area contributed by atoms with Gasteiger partial charge in [0.15, 0.2) is 5.78 Å². The minimum atomic E-state index is -0.0746. The molecule has 2 rings (SSSR count). The van der Waals surface area contributed by atoms with Crippen molar-refractivity contribution in [3.63, 3.8) is 0 Å². The number of Topliss-reactive ketones (excluding diaryl/α,β-unsaturated/α-hetero) is 1. The van der Waals surface area contributed by atoms with Crippen LogP contribution in [0.5, 0.6) is 5.88 Å². The SMILES string of the molecule is COc1cc(CC(=O)c2cccc(C)c2Cl)ncn1. The number of aryl methyl sites for hydroxylation is 1. The lowest BCUT2D eigenvalue weighted by Gasteiger charge is -2.06. The van der Waals surface area contributed by atoms with E-state index >= 15 is 0 Å². The summed E-state index contributed by atoms with van der Waals surface area (Å²) in [6.45, 7) is 1.87. The van der Waals surface area contributed by atoms with Crippen LogP contribution in [-0.2, 0) is 6.42 Å². The van der Waals surface area contributed by atoms with Gasteiger partial charge in [0.1, 0.15) is 6.33 Å². The molecule has 0 unspecified atom stereocenters. The Kier molecular flexibility index (Phi) is 4.12. The van der Waals surface area contributed by atoms with Gasteiger partial charge in [0.2, 0.25) is 5.88 Å². The minimum Gasteiger partial charge on any atom is -0.481 e. The van der Waals surface area contributed by atoms with Crippen molar-refractivity contribution in [2.45, 2.75) is 13.3 Å². The van der Waals surface area contributed by atoms with E-state index in [2.05, 4.69) is 9.97 Å². The number of ether oxygens (including phenoxy) is 1. The molecule has 0 saturated carbocycles. The summed E-state index contributed by atoms with van der Waals surface area (Å²) in [4.78, 5) is 20.1. The zero-order chi connectivity index (χ0) is 13.8. The fourth-order valence-corrected chi connectivity index (χ4v) is 1.94. The molecule has 4 nitrogen and oxygen atoms in total. The van der Waals surface area contributed by atoms with E-state index in [0.29, 0.717) is 22.2 Å². The van der Waals surface area contributed by atoms with Crippen LogP contribution in [0.4, 0.5) is 0 Å². The summed E-state index contributed by atoms with van der Waals surface area (Å²) < 4.78 is 5.00. The molecule has 1 aromatic heterocycles. The van der Waals surface area contributed by atoms with Crippen molar-refractivity contribution in [2.24, 2.45) is 0 Å². The number of methoxy groups -OCH3 is 1. The van der Waals surface area contributed by atoms with Crippen LogP contribution in [0, 0.1) is 6.92 Å². The number of nitrogens with zero attached hydrogens (tertiary/aromatic N) is 2. The van der Waals surface area contributed by atoms with Crippen molar-refractivity contribution in [3.8, 4) is 5.88 Å². The topological polar surface area (TPSA) is 52.1 Å². The van der Waals surface area contributed by atoms with Gasteiger partial charge in [-0.05, 0) is 18.6 Å². The fourth-order valence-electron chi connectivity index (χ4n) is 1.71. The van der Waals surface area contributed by atoms with Crippen molar-refractivity contribution >= 4 is 17.4 Å². The molecule has 5 heteroatoms. The van der Waals surface area contributed by atoms with E-state index in [9.17, 15) is 4.79 Å². The van der Waals surface area contributed by atoms with E-state index in [1.54, 1.807) is 12.1 Å². The summed E-state index contributed by atoms with van der Waals surface area (Å²) >= 11 is 6.13. The lowest BCUT2D eigenvalue weighted by atomic mass is 10.0. The van der Waals surface area contributed by atoms with Crippen molar-refractivity contribution in [1.82, 2.24) is 9.97 Å². The second kappa shape index (κ2) is 5.80. The van der Waals surface area contributed by atoms with Gasteiger partial charge < -0.3 is 4.74 Å². The maximum Gasteiger partial charge on any atom is 0.216 e. The predicted octanol–water partition coefficient (Wildman–Crippen LogP) is 2.87. The standard InChI is InChI=1S/C14H13ClN2O2/c1-9-4-3-5-11(14(9)15)12(18)6-10-7-13(19-2)17-8-16-10/h3-5,7-8H,6H2,1-2H3. The van der Waals surface area contributed by atoms with Gasteiger partial charge in [-0.3, -0.25) is 4.79 Å². The highest BCUT2D eigenvalue weighted by Crippen LogP contribution is 2.22. The smallest absolute Gasteiger partial charge is 0.216 e. The second-order valence-electron chi connectivity index (χ2n) is 4.09. The molecule has 0 spiro atoms. The first-order valence-corrected chi connectivity index (χ1v) is 6.13. The van der Waals surface area contributed by atoms with Crippen molar-refractivity contribution in [3.05, 3.63) is 52.4 Å². The van der Waals surface area contributed by atoms with Crippen LogP contribution < -0.4 is 4.74 Å². The highest BCUT2D eigenvalue weighted by atomic mass is 35.5. The number of carbonyl (C=O) groups is 1. The van der Waals surface area contributed by atoms with Crippen molar-refractivity contribution in [2.75, 3.05) is 7.11 Å². The molecule has 0 amide bonds. The van der Waals surface area contributed by atoms with Crippen molar-refractivity contribution in [1.29, 1.82) is 0 Å². The Morgan fingerprint density at radius 3 is 2.89 bits per heavy atom. The summed E-state index contributed by atoms with van der Waals surface area (Å²) in [6, 6.07) is 7.04. The van der Waals surface area contributed by atoms with Gasteiger partial charge in [0, 0.05) is 11.6 Å². The molecule has 2 aromatic rings. The van der Waals surface area contributed by atoms with Gasteiger partial charge in [-0.2, -0.15) is 0 Å². The number of hydrogen-bond donors (Lipinski definition) is 0. The maximum atomic E-state index is 12.2. The lowest BCUT2D eigenvalue weighted by molar-refractivity contribution is 0.0992. The van der Waals surface area contributed by atoms with E-state index in [1.807, 2.05) is 19.1 Å². The quantitative estimate of drug-likeness (QED) is 0.806. The Labute approximate surface area is 116 Å². The molecular formula is C14H13ClN2O2. The number of benzene rings is 1. The molecule has 1 heterocycles. The third-order valence-electron chi connectivity index (χ3n) is 2.74. The number of rotatable bonds is 4. The van der Waals surface area contributed by atoms with Crippen LogP contribution in [0.25, 0.3) is 0 Å². The Morgan fingerprint density at radius 1 is 1.37 bits per heavy atom. The molecule has 19 heavy (non-hydrogen) atoms. The zero-order valence-electron chi connectivity index (χ0n) is 10.7. The molecule has 0 saturated heterocycles. The molecule has 0 aliphatic carbocycles. The average Bonchev–Trinajstić information content (AvgIpc) is 2.42. The number of aromatic nitrogens is 2. The molecule has 0 fully saturated rings. The Bertz CT molecular complexity index is 614. The molecule has 0 aliphatic rings. The molecule has 0 N–H and O–H groups in total. The molecule has 0 atom stereocenters. The van der Waals surface area contributed by atoms with Gasteiger partial charge in [0.25, 0.3) is 0 Å². The molecule has 0 radical (unpaired) electrons. The van der Waals surface area contributed by atoms with E-state index in [0.717, 1.165) is 5.56 Å². The number of halogens is 1. The van der Waals surface area contributed by atoms with E-state index < -0.39 is 0 Å². The van der Waals surface area contributed by atoms with Gasteiger partial charge in [-0.25, -0.2) is 9.97 Å².